The van der Waals surface area contributed by atoms with Crippen LogP contribution >= 0.6 is 0 Å². The molecule has 0 fully saturated rings. The van der Waals surface area contributed by atoms with Gasteiger partial charge >= 0.3 is 5.63 Å². The molecule has 4 nitrogen and oxygen atoms in total. The molecule has 20 heavy (non-hydrogen) atoms. The lowest BCUT2D eigenvalue weighted by molar-refractivity contribution is 0.554. The van der Waals surface area contributed by atoms with Crippen LogP contribution < -0.4 is 11.2 Å². The van der Waals surface area contributed by atoms with Crippen LogP contribution in [0, 0.1) is 0 Å². The Morgan fingerprint density at radius 3 is 2.70 bits per heavy atom. The maximum absolute atomic E-state index is 12.6. The number of benzene rings is 1. The van der Waals surface area contributed by atoms with E-state index in [0.29, 0.717) is 23.0 Å². The summed E-state index contributed by atoms with van der Waals surface area (Å²) in [5, 5.41) is 1.40. The molecule has 0 spiro atoms. The van der Waals surface area contributed by atoms with Gasteiger partial charge in [0.15, 0.2) is 5.58 Å². The van der Waals surface area contributed by atoms with Crippen LogP contribution in [0.15, 0.2) is 38.3 Å². The summed E-state index contributed by atoms with van der Waals surface area (Å²) < 4.78 is 7.12. The van der Waals surface area contributed by atoms with Crippen LogP contribution in [0.1, 0.15) is 17.5 Å². The van der Waals surface area contributed by atoms with E-state index in [1.165, 1.54) is 0 Å². The van der Waals surface area contributed by atoms with Crippen molar-refractivity contribution in [3.05, 3.63) is 56.2 Å². The highest BCUT2D eigenvalue weighted by Gasteiger charge is 2.23. The maximum Gasteiger partial charge on any atom is 0.339 e. The largest absolute Gasteiger partial charge is 0.422 e. The molecule has 0 saturated carbocycles. The highest BCUT2D eigenvalue weighted by Crippen LogP contribution is 2.29. The van der Waals surface area contributed by atoms with Crippen LogP contribution in [0.2, 0.25) is 0 Å². The number of fused-ring (bicyclic) bond motifs is 5. The zero-order valence-electron chi connectivity index (χ0n) is 11.1. The first-order chi connectivity index (χ1) is 9.68. The summed E-state index contributed by atoms with van der Waals surface area (Å²) in [6.45, 7) is 0. The van der Waals surface area contributed by atoms with Crippen LogP contribution in [0.4, 0.5) is 0 Å². The normalized spacial score (nSPS) is 14.1. The quantitative estimate of drug-likeness (QED) is 0.586. The van der Waals surface area contributed by atoms with Crippen molar-refractivity contribution in [3.63, 3.8) is 0 Å². The average Bonchev–Trinajstić information content (AvgIpc) is 2.94. The van der Waals surface area contributed by atoms with Crippen molar-refractivity contribution in [1.29, 1.82) is 0 Å². The fourth-order valence-electron chi connectivity index (χ4n) is 3.24. The second-order valence-corrected chi connectivity index (χ2v) is 5.29. The van der Waals surface area contributed by atoms with Crippen molar-refractivity contribution in [2.45, 2.75) is 19.3 Å². The second kappa shape index (κ2) is 3.82. The number of para-hydroxylation sites is 1. The highest BCUT2D eigenvalue weighted by atomic mass is 16.4. The van der Waals surface area contributed by atoms with Crippen LogP contribution in [0.5, 0.6) is 0 Å². The van der Waals surface area contributed by atoms with E-state index >= 15 is 0 Å². The van der Waals surface area contributed by atoms with Gasteiger partial charge in [-0.25, -0.2) is 4.79 Å². The number of aromatic nitrogens is 1. The summed E-state index contributed by atoms with van der Waals surface area (Å²) in [6.07, 6.45) is 2.41. The van der Waals surface area contributed by atoms with Crippen molar-refractivity contribution < 1.29 is 4.42 Å². The zero-order chi connectivity index (χ0) is 13.9. The SMILES string of the molecule is Cn1c(=O)c2c3c(c(=O)oc2c2ccccc21)CCC3. The minimum atomic E-state index is -0.289. The monoisotopic (exact) mass is 267 g/mol. The van der Waals surface area contributed by atoms with Gasteiger partial charge in [0.1, 0.15) is 0 Å². The molecule has 0 bridgehead atoms. The molecule has 0 atom stereocenters. The minimum Gasteiger partial charge on any atom is -0.422 e. The Balaban J connectivity index is 2.40. The van der Waals surface area contributed by atoms with E-state index in [1.54, 1.807) is 11.6 Å². The molecular formula is C16H13NO3. The standard InChI is InChI=1S/C16H13NO3/c1-17-12-8-3-2-5-11(12)14-13(15(17)18)9-6-4-7-10(9)16(19)20-14/h2-3,5,8H,4,6-7H2,1H3. The first kappa shape index (κ1) is 11.5. The topological polar surface area (TPSA) is 52.2 Å². The van der Waals surface area contributed by atoms with Gasteiger partial charge in [-0.15, -0.1) is 0 Å². The predicted molar refractivity (Wildman–Crippen MR) is 77.3 cm³/mol. The molecule has 0 N–H and O–H groups in total. The van der Waals surface area contributed by atoms with E-state index < -0.39 is 0 Å². The molecule has 0 aliphatic heterocycles. The fraction of sp³-hybridized carbons (Fsp3) is 0.250. The molecule has 1 aromatic carbocycles. The van der Waals surface area contributed by atoms with Gasteiger partial charge in [0.2, 0.25) is 0 Å². The number of pyridine rings is 1. The smallest absolute Gasteiger partial charge is 0.339 e. The van der Waals surface area contributed by atoms with Crippen molar-refractivity contribution in [2.75, 3.05) is 0 Å². The van der Waals surface area contributed by atoms with Crippen LogP contribution in [0.25, 0.3) is 21.9 Å². The lowest BCUT2D eigenvalue weighted by atomic mass is 10.1. The molecule has 2 heterocycles. The number of hydrogen-bond acceptors (Lipinski definition) is 3. The molecule has 1 aliphatic rings. The van der Waals surface area contributed by atoms with Gasteiger partial charge in [-0.05, 0) is 37.0 Å². The first-order valence-electron chi connectivity index (χ1n) is 6.75. The Morgan fingerprint density at radius 2 is 1.85 bits per heavy atom. The third-order valence-electron chi connectivity index (χ3n) is 4.22. The number of aryl methyl sites for hydroxylation is 2. The minimum absolute atomic E-state index is 0.0828. The van der Waals surface area contributed by atoms with Gasteiger partial charge in [-0.2, -0.15) is 0 Å². The molecule has 0 radical (unpaired) electrons. The van der Waals surface area contributed by atoms with Crippen LogP contribution in [0.3, 0.4) is 0 Å². The molecule has 0 unspecified atom stereocenters. The van der Waals surface area contributed by atoms with E-state index in [4.69, 9.17) is 4.42 Å². The van der Waals surface area contributed by atoms with Crippen molar-refractivity contribution in [1.82, 2.24) is 4.57 Å². The molecule has 0 amide bonds. The lowest BCUT2D eigenvalue weighted by Gasteiger charge is -2.10. The summed E-state index contributed by atoms with van der Waals surface area (Å²) in [5.41, 5.74) is 2.43. The molecule has 4 heteroatoms. The highest BCUT2D eigenvalue weighted by molar-refractivity contribution is 6.03. The zero-order valence-corrected chi connectivity index (χ0v) is 11.1. The van der Waals surface area contributed by atoms with Gasteiger partial charge in [-0.1, -0.05) is 12.1 Å². The summed E-state index contributed by atoms with van der Waals surface area (Å²) in [7, 11) is 1.76. The summed E-state index contributed by atoms with van der Waals surface area (Å²) in [6, 6.07) is 7.52. The van der Waals surface area contributed by atoms with Crippen molar-refractivity contribution >= 4 is 21.9 Å². The Morgan fingerprint density at radius 1 is 1.10 bits per heavy atom. The molecule has 2 aromatic heterocycles. The summed E-state index contributed by atoms with van der Waals surface area (Å²) in [4.78, 5) is 24.7. The van der Waals surface area contributed by atoms with Gasteiger partial charge in [-0.3, -0.25) is 4.79 Å². The van der Waals surface area contributed by atoms with Crippen molar-refractivity contribution in [2.24, 2.45) is 7.05 Å². The summed E-state index contributed by atoms with van der Waals surface area (Å²) in [5.74, 6) is 0. The fourth-order valence-corrected chi connectivity index (χ4v) is 3.24. The molecule has 4 rings (SSSR count). The lowest BCUT2D eigenvalue weighted by Crippen LogP contribution is -2.20. The van der Waals surface area contributed by atoms with E-state index in [2.05, 4.69) is 0 Å². The van der Waals surface area contributed by atoms with Gasteiger partial charge in [0.25, 0.3) is 5.56 Å². The van der Waals surface area contributed by atoms with E-state index in [-0.39, 0.29) is 11.2 Å². The average molecular weight is 267 g/mol. The van der Waals surface area contributed by atoms with E-state index in [0.717, 1.165) is 29.3 Å². The van der Waals surface area contributed by atoms with Crippen LogP contribution in [-0.2, 0) is 19.9 Å². The van der Waals surface area contributed by atoms with Crippen molar-refractivity contribution in [3.8, 4) is 0 Å². The molecule has 100 valence electrons. The van der Waals surface area contributed by atoms with Crippen LogP contribution in [-0.4, -0.2) is 4.57 Å². The Bertz CT molecular complexity index is 979. The van der Waals surface area contributed by atoms with E-state index in [9.17, 15) is 9.59 Å². The second-order valence-electron chi connectivity index (χ2n) is 5.29. The van der Waals surface area contributed by atoms with Gasteiger partial charge in [0, 0.05) is 18.0 Å². The maximum atomic E-state index is 12.6. The third kappa shape index (κ3) is 1.31. The predicted octanol–water partition coefficient (Wildman–Crippen LogP) is 2.13. The molecule has 1 aliphatic carbocycles. The number of hydrogen-bond donors (Lipinski definition) is 0. The third-order valence-corrected chi connectivity index (χ3v) is 4.22. The van der Waals surface area contributed by atoms with Gasteiger partial charge < -0.3 is 8.98 Å². The van der Waals surface area contributed by atoms with E-state index in [1.807, 2.05) is 24.3 Å². The Kier molecular flexibility index (Phi) is 2.19. The molecule has 3 aromatic rings. The number of nitrogens with zero attached hydrogens (tertiary/aromatic N) is 1. The first-order valence-corrected chi connectivity index (χ1v) is 6.75. The summed E-state index contributed by atoms with van der Waals surface area (Å²) >= 11 is 0. The molecule has 0 saturated heterocycles. The number of rotatable bonds is 0. The Hall–Kier alpha value is -2.36. The Labute approximate surface area is 114 Å². The molecular weight excluding hydrogens is 254 g/mol. The van der Waals surface area contributed by atoms with Gasteiger partial charge in [0.05, 0.1) is 10.9 Å².